The van der Waals surface area contributed by atoms with Crippen LogP contribution in [0.25, 0.3) is 0 Å². The topological polar surface area (TPSA) is 351 Å². The number of aliphatic hydroxyl groups is 9. The molecule has 35 atom stereocenters. The smallest absolute Gasteiger partial charge is 0.311 e. The molecule has 6 saturated heterocycles. The van der Waals surface area contributed by atoms with E-state index in [0.717, 1.165) is 0 Å². The van der Waals surface area contributed by atoms with Crippen molar-refractivity contribution in [2.45, 2.75) is 365 Å². The Morgan fingerprint density at radius 3 is 1.16 bits per heavy atom. The third-order valence-corrected chi connectivity index (χ3v) is 23.3. The van der Waals surface area contributed by atoms with E-state index >= 15 is 0 Å². The fourth-order valence-electron chi connectivity index (χ4n) is 17.1. The van der Waals surface area contributed by atoms with Crippen molar-refractivity contribution in [3.05, 3.63) is 0 Å². The highest BCUT2D eigenvalue weighted by atomic mass is 16.7. The number of rotatable bonds is 14. The average Bonchev–Trinajstić information content (AvgIpc) is 0.728. The van der Waals surface area contributed by atoms with E-state index in [1.54, 1.807) is 83.5 Å². The summed E-state index contributed by atoms with van der Waals surface area (Å²) in [5.74, 6) is -8.57. The van der Waals surface area contributed by atoms with E-state index in [2.05, 4.69) is 0 Å². The minimum absolute atomic E-state index is 0.000678. The number of carbonyl (C=O) groups excluding carboxylic acids is 3. The number of hydrogen-bond acceptors (Lipinski definition) is 26. The first-order valence-corrected chi connectivity index (χ1v) is 36.9. The second-order valence-corrected chi connectivity index (χ2v) is 33.2. The number of hydrogen-bond donors (Lipinski definition) is 9. The average molecular weight is 1440 g/mol. The van der Waals surface area contributed by atoms with Gasteiger partial charge in [0.05, 0.1) is 101 Å². The summed E-state index contributed by atoms with van der Waals surface area (Å²) in [4.78, 5) is 45.8. The molecule has 9 N–H and O–H groups in total. The van der Waals surface area contributed by atoms with Gasteiger partial charge >= 0.3 is 11.9 Å². The molecule has 0 aromatic heterocycles. The molecule has 0 bridgehead atoms. The zero-order valence-corrected chi connectivity index (χ0v) is 65.4. The van der Waals surface area contributed by atoms with Gasteiger partial charge in [-0.05, 0) is 156 Å². The molecule has 0 unspecified atom stereocenters. The van der Waals surface area contributed by atoms with Crippen LogP contribution in [0.3, 0.4) is 0 Å². The monoisotopic (exact) mass is 1440 g/mol. The first-order chi connectivity index (χ1) is 46.0. The standard InChI is InChI=1S/C37H69NO12.C37H67NO12/c2*1-14-26-37(10,44)31(41)22(5)28(39)19(2)16-36(9,43)32(50-34-29(40)25(38(11)12)15-20(3)47-34)23(6)30(24(7)33(42)48-26)49-27-18-35(8,45-13)17-21(4)46-27/h19-32,34,39-41,43-44H,14-18H2,1-13H3;19-27,29-32,34,40-41,43-44H,14-18H2,1-13H3/t19-,20-,21+,22+,23+,24-,25+,26-,27+,28+,29-,30+,31-,32-,34+,35+,36-,37-;19-,20-,21+,22+,23+,24-,25+,26-,27+,29-,30+,31-,32-,34+,35+,36-,37-/m11/s1. The number of likely N-dealkylation sites (N-methyl/N-ethyl adjacent to an activating group) is 2. The van der Waals surface area contributed by atoms with Gasteiger partial charge in [0.25, 0.3) is 0 Å². The molecule has 0 saturated carbocycles. The third-order valence-electron chi connectivity index (χ3n) is 23.3. The van der Waals surface area contributed by atoms with E-state index < -0.39 is 185 Å². The summed E-state index contributed by atoms with van der Waals surface area (Å²) in [6.45, 7) is 34.4. The van der Waals surface area contributed by atoms with Gasteiger partial charge in [-0.15, -0.1) is 0 Å². The van der Waals surface area contributed by atoms with Gasteiger partial charge in [-0.3, -0.25) is 14.4 Å². The summed E-state index contributed by atoms with van der Waals surface area (Å²) in [6.07, 6.45) is -14.3. The first-order valence-electron chi connectivity index (χ1n) is 36.9. The van der Waals surface area contributed by atoms with E-state index in [-0.39, 0.29) is 68.0 Å². The Morgan fingerprint density at radius 1 is 0.450 bits per heavy atom. The van der Waals surface area contributed by atoms with Crippen LogP contribution in [0.15, 0.2) is 0 Å². The molecular formula is C74H136N2O24. The predicted molar refractivity (Wildman–Crippen MR) is 371 cm³/mol. The highest BCUT2D eigenvalue weighted by molar-refractivity contribution is 5.83. The van der Waals surface area contributed by atoms with Gasteiger partial charge in [0.15, 0.2) is 25.2 Å². The van der Waals surface area contributed by atoms with E-state index in [9.17, 15) is 60.3 Å². The van der Waals surface area contributed by atoms with Gasteiger partial charge in [0.1, 0.15) is 41.4 Å². The van der Waals surface area contributed by atoms with Gasteiger partial charge < -0.3 is 113 Å². The molecule has 0 spiro atoms. The number of ether oxygens (including phenoxy) is 12. The second-order valence-electron chi connectivity index (χ2n) is 33.2. The Balaban J connectivity index is 0.000000361. The molecule has 0 amide bonds. The lowest BCUT2D eigenvalue weighted by atomic mass is 9.73. The summed E-state index contributed by atoms with van der Waals surface area (Å²) in [5, 5.41) is 105. The van der Waals surface area contributed by atoms with Crippen molar-refractivity contribution in [2.75, 3.05) is 42.4 Å². The van der Waals surface area contributed by atoms with Crippen LogP contribution in [-0.4, -0.2) is 278 Å². The molecule has 6 heterocycles. The highest BCUT2D eigenvalue weighted by Crippen LogP contribution is 2.45. The van der Waals surface area contributed by atoms with E-state index in [1.807, 2.05) is 86.5 Å². The minimum atomic E-state index is -1.96. The zero-order valence-electron chi connectivity index (χ0n) is 65.4. The molecule has 0 aromatic carbocycles. The molecule has 0 radical (unpaired) electrons. The maximum Gasteiger partial charge on any atom is 0.311 e. The van der Waals surface area contributed by atoms with E-state index in [0.29, 0.717) is 38.5 Å². The van der Waals surface area contributed by atoms with Crippen LogP contribution in [0, 0.1) is 47.3 Å². The minimum Gasteiger partial charge on any atom is -0.459 e. The summed E-state index contributed by atoms with van der Waals surface area (Å²) >= 11 is 0. The Kier molecular flexibility index (Phi) is 31.5. The van der Waals surface area contributed by atoms with Crippen molar-refractivity contribution in [1.82, 2.24) is 9.80 Å². The molecule has 6 rings (SSSR count). The van der Waals surface area contributed by atoms with Crippen LogP contribution < -0.4 is 0 Å². The molecule has 26 nitrogen and oxygen atoms in total. The van der Waals surface area contributed by atoms with Crippen molar-refractivity contribution in [1.29, 1.82) is 0 Å². The largest absolute Gasteiger partial charge is 0.459 e. The van der Waals surface area contributed by atoms with Crippen LogP contribution in [0.2, 0.25) is 0 Å². The Bertz CT molecular complexity index is 2560. The van der Waals surface area contributed by atoms with Gasteiger partial charge in [0, 0.05) is 81.6 Å². The number of aliphatic hydroxyl groups excluding tert-OH is 5. The maximum absolute atomic E-state index is 14.1. The van der Waals surface area contributed by atoms with Crippen molar-refractivity contribution in [3.8, 4) is 0 Å². The summed E-state index contributed by atoms with van der Waals surface area (Å²) in [5.41, 5.74) is -8.42. The maximum atomic E-state index is 14.1. The fraction of sp³-hybridized carbons (Fsp3) is 0.959. The summed E-state index contributed by atoms with van der Waals surface area (Å²) in [7, 11) is 10.7. The summed E-state index contributed by atoms with van der Waals surface area (Å²) in [6, 6.07) is -0.580. The van der Waals surface area contributed by atoms with Gasteiger partial charge in [-0.1, -0.05) is 55.4 Å². The lowest BCUT2D eigenvalue weighted by Gasteiger charge is -2.49. The van der Waals surface area contributed by atoms with E-state index in [4.69, 9.17) is 56.8 Å². The molecule has 6 aliphatic heterocycles. The molecule has 0 aromatic rings. The fourth-order valence-corrected chi connectivity index (χ4v) is 17.1. The van der Waals surface area contributed by atoms with Crippen LogP contribution in [0.5, 0.6) is 0 Å². The van der Waals surface area contributed by atoms with Gasteiger partial charge in [0.2, 0.25) is 0 Å². The number of nitrogens with zero attached hydrogens (tertiary/aromatic N) is 2. The van der Waals surface area contributed by atoms with Crippen molar-refractivity contribution in [3.63, 3.8) is 0 Å². The van der Waals surface area contributed by atoms with Crippen molar-refractivity contribution < 1.29 is 117 Å². The molecule has 0 aliphatic carbocycles. The Morgan fingerprint density at radius 2 is 0.810 bits per heavy atom. The van der Waals surface area contributed by atoms with Gasteiger partial charge in [-0.2, -0.15) is 0 Å². The normalized spacial score (nSPS) is 49.7. The molecule has 6 fully saturated rings. The lowest BCUT2D eigenvalue weighted by molar-refractivity contribution is -0.311. The van der Waals surface area contributed by atoms with Gasteiger partial charge in [-0.25, -0.2) is 0 Å². The van der Waals surface area contributed by atoms with Crippen LogP contribution >= 0.6 is 0 Å². The van der Waals surface area contributed by atoms with Crippen LogP contribution in [0.1, 0.15) is 203 Å². The quantitative estimate of drug-likeness (QED) is 0.0980. The Hall–Kier alpha value is -2.23. The molecular weight excluding hydrogens is 1300 g/mol. The number of esters is 2. The SMILES string of the molecule is CC[C@H]1OC(=O)[C@H](C)[C@@H](O[C@H]2C[C@@](C)(OC)C[C@H](C)O2)[C@H](C)[C@@H](O[C@@H]2O[C@H](C)C[C@H](N(C)C)[C@H]2O)[C@](C)(O)C[C@@H](C)C(=O)[C@H](C)[C@@H](O)[C@]1(C)O.CC[C@H]1OC(=O)[C@H](C)[C@@H](O[C@H]2C[C@@](C)(OC)C[C@H](C)O2)[C@H](C)[C@@H](O[C@@H]2O[C@H](C)C[C@H](N(C)C)[C@H]2O)[C@](C)(O)C[C@@H](C)[C@H](O)[C@H](C)[C@@H](O)[C@]1(C)O. The first kappa shape index (κ1) is 88.4. The predicted octanol–water partition coefficient (Wildman–Crippen LogP) is 5.42. The van der Waals surface area contributed by atoms with Crippen molar-refractivity contribution in [2.24, 2.45) is 47.3 Å². The highest BCUT2D eigenvalue weighted by Gasteiger charge is 2.56. The van der Waals surface area contributed by atoms with Crippen molar-refractivity contribution >= 4 is 17.7 Å². The number of ketones is 1. The third kappa shape index (κ3) is 21.1. The zero-order chi connectivity index (χ0) is 76.2. The molecule has 6 aliphatic rings. The number of methoxy groups -OCH3 is 2. The van der Waals surface area contributed by atoms with Crippen LogP contribution in [0.4, 0.5) is 0 Å². The number of cyclic esters (lactones) is 2. The second kappa shape index (κ2) is 35.7. The van der Waals surface area contributed by atoms with Crippen LogP contribution in [-0.2, 0) is 71.2 Å². The lowest BCUT2D eigenvalue weighted by Crippen LogP contribution is -2.61. The number of carbonyl (C=O) groups is 3. The molecule has 100 heavy (non-hydrogen) atoms. The summed E-state index contributed by atoms with van der Waals surface area (Å²) < 4.78 is 75.0. The number of Topliss-reactive ketones (excluding diaryl/α,β-unsaturated/α-hetero) is 1. The molecule has 586 valence electrons. The molecule has 26 heteroatoms. The van der Waals surface area contributed by atoms with E-state index in [1.165, 1.54) is 20.8 Å². The Labute approximate surface area is 597 Å².